The first-order valence-electron chi connectivity index (χ1n) is 5.86. The summed E-state index contributed by atoms with van der Waals surface area (Å²) in [6.07, 6.45) is 0. The fraction of sp³-hybridized carbons (Fsp3) is 0.308. The number of nitrogens with zero attached hydrogens (tertiary/aromatic N) is 3. The maximum Gasteiger partial charge on any atom is 0.154 e. The molecule has 0 amide bonds. The van der Waals surface area contributed by atoms with Crippen LogP contribution in [0, 0.1) is 12.7 Å². The summed E-state index contributed by atoms with van der Waals surface area (Å²) in [5.74, 6) is 0.526. The second kappa shape index (κ2) is 4.68. The van der Waals surface area contributed by atoms with Crippen molar-refractivity contribution in [3.63, 3.8) is 0 Å². The van der Waals surface area contributed by atoms with Crippen molar-refractivity contribution in [2.75, 3.05) is 17.7 Å². The van der Waals surface area contributed by atoms with Gasteiger partial charge in [-0.25, -0.2) is 9.07 Å². The number of nitrogen functional groups attached to an aromatic ring is 1. The Morgan fingerprint density at radius 2 is 2.17 bits per heavy atom. The molecule has 0 spiro atoms. The zero-order valence-corrected chi connectivity index (χ0v) is 10.8. The molecule has 2 aromatic rings. The number of anilines is 3. The van der Waals surface area contributed by atoms with Gasteiger partial charge in [0.2, 0.25) is 0 Å². The van der Waals surface area contributed by atoms with Crippen molar-refractivity contribution in [3.8, 4) is 0 Å². The number of rotatable bonds is 3. The van der Waals surface area contributed by atoms with Gasteiger partial charge in [-0.3, -0.25) is 0 Å². The highest BCUT2D eigenvalue weighted by atomic mass is 19.1. The Bertz CT molecular complexity index is 562. The molecule has 1 heterocycles. The first-order chi connectivity index (χ1) is 8.54. The predicted molar refractivity (Wildman–Crippen MR) is 71.5 cm³/mol. The summed E-state index contributed by atoms with van der Waals surface area (Å²) in [6.45, 7) is 4.58. The minimum Gasteiger partial charge on any atom is -0.394 e. The zero-order valence-electron chi connectivity index (χ0n) is 10.8. The van der Waals surface area contributed by atoms with Crippen LogP contribution in [0.4, 0.5) is 21.6 Å². The maximum atomic E-state index is 13.3. The minimum atomic E-state index is -0.266. The summed E-state index contributed by atoms with van der Waals surface area (Å²) in [5, 5.41) is 4.35. The van der Waals surface area contributed by atoms with Crippen LogP contribution in [0.25, 0.3) is 0 Å². The zero-order chi connectivity index (χ0) is 13.3. The molecule has 0 atom stereocenters. The van der Waals surface area contributed by atoms with Crippen molar-refractivity contribution >= 4 is 17.2 Å². The van der Waals surface area contributed by atoms with Crippen LogP contribution in [-0.2, 0) is 6.54 Å². The Morgan fingerprint density at radius 1 is 1.44 bits per heavy atom. The Morgan fingerprint density at radius 3 is 2.78 bits per heavy atom. The van der Waals surface area contributed by atoms with E-state index in [1.807, 2.05) is 36.5 Å². The summed E-state index contributed by atoms with van der Waals surface area (Å²) in [4.78, 5) is 1.85. The number of halogens is 1. The second-order valence-corrected chi connectivity index (χ2v) is 4.18. The van der Waals surface area contributed by atoms with Crippen molar-refractivity contribution < 1.29 is 4.39 Å². The molecule has 0 radical (unpaired) electrons. The molecule has 0 unspecified atom stereocenters. The topological polar surface area (TPSA) is 47.1 Å². The van der Waals surface area contributed by atoms with Gasteiger partial charge in [-0.2, -0.15) is 5.10 Å². The van der Waals surface area contributed by atoms with Crippen molar-refractivity contribution in [1.29, 1.82) is 0 Å². The van der Waals surface area contributed by atoms with Gasteiger partial charge in [-0.15, -0.1) is 0 Å². The van der Waals surface area contributed by atoms with Gasteiger partial charge in [0.25, 0.3) is 0 Å². The molecular formula is C13H17FN4. The van der Waals surface area contributed by atoms with Crippen LogP contribution in [0.2, 0.25) is 0 Å². The summed E-state index contributed by atoms with van der Waals surface area (Å²) in [5.41, 5.74) is 8.20. The normalized spacial score (nSPS) is 10.7. The van der Waals surface area contributed by atoms with E-state index in [0.29, 0.717) is 12.2 Å². The van der Waals surface area contributed by atoms with Gasteiger partial charge in [-0.05, 0) is 32.0 Å². The van der Waals surface area contributed by atoms with Crippen LogP contribution >= 0.6 is 0 Å². The van der Waals surface area contributed by atoms with Crippen LogP contribution in [-0.4, -0.2) is 16.8 Å². The van der Waals surface area contributed by atoms with Crippen molar-refractivity contribution in [2.24, 2.45) is 0 Å². The fourth-order valence-electron chi connectivity index (χ4n) is 1.96. The predicted octanol–water partition coefficient (Wildman–Crippen LogP) is 2.70. The quantitative estimate of drug-likeness (QED) is 0.908. The highest BCUT2D eigenvalue weighted by molar-refractivity contribution is 5.72. The summed E-state index contributed by atoms with van der Waals surface area (Å²) >= 11 is 0. The van der Waals surface area contributed by atoms with E-state index in [2.05, 4.69) is 5.10 Å². The molecule has 0 fully saturated rings. The third-order valence-electron chi connectivity index (χ3n) is 2.96. The summed E-state index contributed by atoms with van der Waals surface area (Å²) < 4.78 is 15.1. The number of aryl methyl sites for hydroxylation is 2. The van der Waals surface area contributed by atoms with Crippen LogP contribution in [0.15, 0.2) is 24.3 Å². The number of benzene rings is 1. The Hall–Kier alpha value is -2.04. The number of aromatic nitrogens is 2. The fourth-order valence-corrected chi connectivity index (χ4v) is 1.96. The molecule has 0 aliphatic rings. The van der Waals surface area contributed by atoms with Crippen molar-refractivity contribution in [3.05, 3.63) is 35.8 Å². The van der Waals surface area contributed by atoms with Gasteiger partial charge in [0.05, 0.1) is 11.4 Å². The first-order valence-corrected chi connectivity index (χ1v) is 5.86. The van der Waals surface area contributed by atoms with E-state index in [4.69, 9.17) is 5.73 Å². The van der Waals surface area contributed by atoms with E-state index in [-0.39, 0.29) is 5.82 Å². The molecule has 1 aromatic heterocycles. The first kappa shape index (κ1) is 12.4. The molecule has 4 nitrogen and oxygen atoms in total. The molecule has 2 N–H and O–H groups in total. The van der Waals surface area contributed by atoms with Gasteiger partial charge in [0, 0.05) is 19.3 Å². The Balaban J connectivity index is 2.48. The molecule has 0 aliphatic carbocycles. The van der Waals surface area contributed by atoms with Crippen molar-refractivity contribution in [2.45, 2.75) is 20.4 Å². The molecule has 18 heavy (non-hydrogen) atoms. The SMILES string of the molecule is CCn1nc(C)c(N)c1N(C)c1cccc(F)c1. The average Bonchev–Trinajstić information content (AvgIpc) is 2.64. The van der Waals surface area contributed by atoms with E-state index in [9.17, 15) is 4.39 Å². The van der Waals surface area contributed by atoms with Gasteiger partial charge in [0.1, 0.15) is 5.82 Å². The van der Waals surface area contributed by atoms with Crippen LogP contribution in [0.1, 0.15) is 12.6 Å². The number of hydrogen-bond acceptors (Lipinski definition) is 3. The molecule has 0 saturated carbocycles. The molecule has 0 saturated heterocycles. The highest BCUT2D eigenvalue weighted by Gasteiger charge is 2.16. The minimum absolute atomic E-state index is 0.266. The summed E-state index contributed by atoms with van der Waals surface area (Å²) in [6, 6.07) is 6.41. The van der Waals surface area contributed by atoms with E-state index < -0.39 is 0 Å². The number of nitrogens with two attached hydrogens (primary N) is 1. The van der Waals surface area contributed by atoms with Gasteiger partial charge < -0.3 is 10.6 Å². The molecule has 5 heteroatoms. The molecule has 2 rings (SSSR count). The third kappa shape index (κ3) is 2.03. The summed E-state index contributed by atoms with van der Waals surface area (Å²) in [7, 11) is 1.85. The lowest BCUT2D eigenvalue weighted by molar-refractivity contribution is 0.626. The lowest BCUT2D eigenvalue weighted by atomic mass is 10.2. The van der Waals surface area contributed by atoms with Crippen LogP contribution in [0.3, 0.4) is 0 Å². The molecule has 96 valence electrons. The van der Waals surface area contributed by atoms with E-state index in [1.54, 1.807) is 6.07 Å². The third-order valence-corrected chi connectivity index (χ3v) is 2.96. The smallest absolute Gasteiger partial charge is 0.154 e. The number of hydrogen-bond donors (Lipinski definition) is 1. The van der Waals surface area contributed by atoms with Gasteiger partial charge in [0.15, 0.2) is 5.82 Å². The lowest BCUT2D eigenvalue weighted by Gasteiger charge is -2.21. The Labute approximate surface area is 106 Å². The standard InChI is InChI=1S/C13H17FN4/c1-4-18-13(12(15)9(2)16-18)17(3)11-7-5-6-10(14)8-11/h5-8H,4,15H2,1-3H3. The average molecular weight is 248 g/mol. The van der Waals surface area contributed by atoms with Gasteiger partial charge in [-0.1, -0.05) is 6.07 Å². The van der Waals surface area contributed by atoms with E-state index in [0.717, 1.165) is 17.2 Å². The van der Waals surface area contributed by atoms with Crippen LogP contribution < -0.4 is 10.6 Å². The molecule has 1 aromatic carbocycles. The lowest BCUT2D eigenvalue weighted by Crippen LogP contribution is -2.16. The molecule has 0 bridgehead atoms. The Kier molecular flexibility index (Phi) is 3.23. The van der Waals surface area contributed by atoms with Crippen LogP contribution in [0.5, 0.6) is 0 Å². The van der Waals surface area contributed by atoms with Crippen molar-refractivity contribution in [1.82, 2.24) is 9.78 Å². The maximum absolute atomic E-state index is 13.3. The molecule has 0 aliphatic heterocycles. The van der Waals surface area contributed by atoms with Gasteiger partial charge >= 0.3 is 0 Å². The largest absolute Gasteiger partial charge is 0.394 e. The second-order valence-electron chi connectivity index (χ2n) is 4.18. The monoisotopic (exact) mass is 248 g/mol. The highest BCUT2D eigenvalue weighted by Crippen LogP contribution is 2.31. The van der Waals surface area contributed by atoms with E-state index in [1.165, 1.54) is 12.1 Å². The molecular weight excluding hydrogens is 231 g/mol. The van der Waals surface area contributed by atoms with E-state index >= 15 is 0 Å².